The monoisotopic (exact) mass is 420 g/mol. The minimum Gasteiger partial charge on any atom is -0.444 e. The number of rotatable bonds is 6. The second-order valence-corrected chi connectivity index (χ2v) is 9.26. The molecule has 4 unspecified atom stereocenters. The van der Waals surface area contributed by atoms with Crippen molar-refractivity contribution in [2.24, 2.45) is 5.73 Å². The van der Waals surface area contributed by atoms with Crippen LogP contribution >= 0.6 is 0 Å². The molecule has 0 aliphatic carbocycles. The van der Waals surface area contributed by atoms with Crippen LogP contribution in [0.1, 0.15) is 46.6 Å². The lowest BCUT2D eigenvalue weighted by Gasteiger charge is -2.35. The van der Waals surface area contributed by atoms with Gasteiger partial charge in [-0.1, -0.05) is 30.3 Å². The lowest BCUT2D eigenvalue weighted by atomic mass is 10.1. The molecule has 8 nitrogen and oxygen atoms in total. The first kappa shape index (κ1) is 22.5. The van der Waals surface area contributed by atoms with Crippen molar-refractivity contribution >= 4 is 12.0 Å². The van der Waals surface area contributed by atoms with E-state index in [1.807, 2.05) is 44.2 Å². The van der Waals surface area contributed by atoms with Crippen LogP contribution in [0.5, 0.6) is 0 Å². The van der Waals surface area contributed by atoms with Crippen LogP contribution in [0.25, 0.3) is 0 Å². The molecule has 30 heavy (non-hydrogen) atoms. The number of ether oxygens (including phenoxy) is 4. The number of amides is 2. The normalized spacial score (nSPS) is 27.7. The summed E-state index contributed by atoms with van der Waals surface area (Å²) in [7, 11) is 0. The Hall–Kier alpha value is -2.16. The molecule has 2 heterocycles. The number of benzene rings is 1. The van der Waals surface area contributed by atoms with Crippen LogP contribution < -0.4 is 5.73 Å². The number of carbonyl (C=O) groups excluding carboxylic acids is 2. The van der Waals surface area contributed by atoms with Gasteiger partial charge in [-0.15, -0.1) is 0 Å². The van der Waals surface area contributed by atoms with Gasteiger partial charge in [-0.2, -0.15) is 0 Å². The van der Waals surface area contributed by atoms with Gasteiger partial charge in [-0.05, 0) is 40.2 Å². The van der Waals surface area contributed by atoms with Crippen LogP contribution in [0, 0.1) is 0 Å². The number of fused-ring (bicyclic) bond motifs is 1. The zero-order valence-electron chi connectivity index (χ0n) is 18.3. The molecule has 0 radical (unpaired) electrons. The lowest BCUT2D eigenvalue weighted by Crippen LogP contribution is -2.50. The average Bonchev–Trinajstić information content (AvgIpc) is 3.06. The number of carbonyl (C=O) groups is 2. The van der Waals surface area contributed by atoms with E-state index in [9.17, 15) is 9.59 Å². The maximum Gasteiger partial charge on any atom is 0.411 e. The number of nitrogens with two attached hydrogens (primary N) is 1. The first-order valence-electron chi connectivity index (χ1n) is 10.2. The first-order valence-corrected chi connectivity index (χ1v) is 10.2. The summed E-state index contributed by atoms with van der Waals surface area (Å²) in [6.45, 7) is 9.61. The van der Waals surface area contributed by atoms with Crippen LogP contribution in [0.4, 0.5) is 4.79 Å². The van der Waals surface area contributed by atoms with Gasteiger partial charge in [0.25, 0.3) is 0 Å². The molecule has 2 aliphatic heterocycles. The molecule has 0 spiro atoms. The number of likely N-dealkylation sites (tertiary alicyclic amines) is 1. The smallest absolute Gasteiger partial charge is 0.411 e. The van der Waals surface area contributed by atoms with E-state index in [-0.39, 0.29) is 13.0 Å². The van der Waals surface area contributed by atoms with Crippen LogP contribution in [0.2, 0.25) is 0 Å². The van der Waals surface area contributed by atoms with Crippen molar-refractivity contribution in [1.29, 1.82) is 0 Å². The van der Waals surface area contributed by atoms with Gasteiger partial charge in [0, 0.05) is 6.42 Å². The topological polar surface area (TPSA) is 100 Å². The van der Waals surface area contributed by atoms with Gasteiger partial charge in [-0.3, -0.25) is 9.69 Å². The highest BCUT2D eigenvalue weighted by atomic mass is 16.8. The predicted molar refractivity (Wildman–Crippen MR) is 109 cm³/mol. The molecule has 8 heteroatoms. The third kappa shape index (κ3) is 5.30. The Morgan fingerprint density at radius 1 is 1.10 bits per heavy atom. The van der Waals surface area contributed by atoms with E-state index in [1.54, 1.807) is 20.8 Å². The molecule has 2 N–H and O–H groups in total. The molecule has 1 aromatic carbocycles. The van der Waals surface area contributed by atoms with E-state index in [0.717, 1.165) is 5.56 Å². The van der Waals surface area contributed by atoms with Crippen molar-refractivity contribution in [3.05, 3.63) is 35.9 Å². The lowest BCUT2D eigenvalue weighted by molar-refractivity contribution is -0.170. The summed E-state index contributed by atoms with van der Waals surface area (Å²) in [5.41, 5.74) is 5.82. The molecule has 2 saturated heterocycles. The Balaban J connectivity index is 1.83. The fraction of sp³-hybridized carbons (Fsp3) is 0.636. The maximum absolute atomic E-state index is 13.1. The van der Waals surface area contributed by atoms with E-state index in [1.165, 1.54) is 4.90 Å². The molecule has 2 fully saturated rings. The zero-order chi connectivity index (χ0) is 22.1. The molecule has 2 amide bonds. The number of hydrogen-bond donors (Lipinski definition) is 1. The van der Waals surface area contributed by atoms with E-state index >= 15 is 0 Å². The van der Waals surface area contributed by atoms with Crippen LogP contribution in [-0.4, -0.2) is 59.2 Å². The van der Waals surface area contributed by atoms with Gasteiger partial charge in [0.05, 0.1) is 25.3 Å². The van der Waals surface area contributed by atoms with Crippen molar-refractivity contribution in [1.82, 2.24) is 4.90 Å². The fourth-order valence-corrected chi connectivity index (χ4v) is 4.03. The Morgan fingerprint density at radius 2 is 1.70 bits per heavy atom. The average molecular weight is 421 g/mol. The van der Waals surface area contributed by atoms with Crippen LogP contribution in [-0.2, 0) is 30.3 Å². The Morgan fingerprint density at radius 3 is 2.27 bits per heavy atom. The van der Waals surface area contributed by atoms with Gasteiger partial charge >= 0.3 is 6.09 Å². The quantitative estimate of drug-likeness (QED) is 0.759. The molecule has 0 aromatic heterocycles. The maximum atomic E-state index is 13.1. The van der Waals surface area contributed by atoms with Gasteiger partial charge in [0.15, 0.2) is 5.79 Å². The minimum absolute atomic E-state index is 0.0466. The van der Waals surface area contributed by atoms with Crippen molar-refractivity contribution in [2.45, 2.75) is 83.3 Å². The Kier molecular flexibility index (Phi) is 6.40. The first-order chi connectivity index (χ1) is 14.0. The fourth-order valence-electron chi connectivity index (χ4n) is 4.03. The largest absolute Gasteiger partial charge is 0.444 e. The third-order valence-corrected chi connectivity index (χ3v) is 5.05. The molecule has 0 saturated carbocycles. The highest BCUT2D eigenvalue weighted by Gasteiger charge is 2.60. The summed E-state index contributed by atoms with van der Waals surface area (Å²) in [6, 6.07) is 8.70. The second-order valence-electron chi connectivity index (χ2n) is 9.26. The standard InChI is InChI=1S/C22H32N2O6/c1-21(2,3)30-20(26)24-15(11-17(23)25)18-19(29-22(4,5)28-18)16(24)13-27-12-14-9-7-6-8-10-14/h6-10,15-16,18-19H,11-13H2,1-5H3,(H2,23,25). The summed E-state index contributed by atoms with van der Waals surface area (Å²) in [5.74, 6) is -1.35. The zero-order valence-corrected chi connectivity index (χ0v) is 18.3. The molecule has 1 aromatic rings. The van der Waals surface area contributed by atoms with Crippen molar-refractivity contribution in [2.75, 3.05) is 6.61 Å². The van der Waals surface area contributed by atoms with Crippen LogP contribution in [0.3, 0.4) is 0 Å². The summed E-state index contributed by atoms with van der Waals surface area (Å²) >= 11 is 0. The molecule has 4 atom stereocenters. The van der Waals surface area contributed by atoms with Crippen LogP contribution in [0.15, 0.2) is 30.3 Å². The highest BCUT2D eigenvalue weighted by molar-refractivity contribution is 5.77. The molecular formula is C22H32N2O6. The molecule has 3 rings (SSSR count). The SMILES string of the molecule is CC(C)(C)OC(=O)N1C(COCc2ccccc2)C2OC(C)(C)OC2C1CC(N)=O. The molecule has 0 bridgehead atoms. The number of nitrogens with zero attached hydrogens (tertiary/aromatic N) is 1. The summed E-state index contributed by atoms with van der Waals surface area (Å²) in [5, 5.41) is 0. The number of primary amides is 1. The van der Waals surface area contributed by atoms with Crippen molar-refractivity contribution in [3.63, 3.8) is 0 Å². The number of hydrogen-bond acceptors (Lipinski definition) is 6. The highest BCUT2D eigenvalue weighted by Crippen LogP contribution is 2.42. The summed E-state index contributed by atoms with van der Waals surface area (Å²) in [4.78, 5) is 26.4. The van der Waals surface area contributed by atoms with Gasteiger partial charge in [0.1, 0.15) is 17.8 Å². The minimum atomic E-state index is -0.830. The summed E-state index contributed by atoms with van der Waals surface area (Å²) < 4.78 is 23.7. The molecule has 2 aliphatic rings. The van der Waals surface area contributed by atoms with E-state index < -0.39 is 47.7 Å². The van der Waals surface area contributed by atoms with Gasteiger partial charge in [-0.25, -0.2) is 4.79 Å². The van der Waals surface area contributed by atoms with E-state index in [2.05, 4.69) is 0 Å². The molecule has 166 valence electrons. The third-order valence-electron chi connectivity index (χ3n) is 5.05. The van der Waals surface area contributed by atoms with E-state index in [4.69, 9.17) is 24.7 Å². The Labute approximate surface area is 177 Å². The Bertz CT molecular complexity index is 761. The van der Waals surface area contributed by atoms with Gasteiger partial charge < -0.3 is 24.7 Å². The van der Waals surface area contributed by atoms with Gasteiger partial charge in [0.2, 0.25) is 5.91 Å². The van der Waals surface area contributed by atoms with Crippen molar-refractivity contribution in [3.8, 4) is 0 Å². The summed E-state index contributed by atoms with van der Waals surface area (Å²) in [6.07, 6.45) is -1.53. The van der Waals surface area contributed by atoms with Crippen molar-refractivity contribution < 1.29 is 28.5 Å². The second kappa shape index (κ2) is 8.53. The predicted octanol–water partition coefficient (Wildman–Crippen LogP) is 2.59. The molecular weight excluding hydrogens is 388 g/mol. The van der Waals surface area contributed by atoms with E-state index in [0.29, 0.717) is 6.61 Å².